The SMILES string of the molecule is CCCC1(CCCCCCCC/C=C/C(C#N)CCO)N=N1. The fourth-order valence-corrected chi connectivity index (χ4v) is 2.78. The predicted molar refractivity (Wildman–Crippen MR) is 89.4 cm³/mol. The van der Waals surface area contributed by atoms with Crippen LogP contribution in [0.25, 0.3) is 0 Å². The van der Waals surface area contributed by atoms with E-state index >= 15 is 0 Å². The summed E-state index contributed by atoms with van der Waals surface area (Å²) in [6.07, 6.45) is 16.6. The van der Waals surface area contributed by atoms with Crippen LogP contribution >= 0.6 is 0 Å². The van der Waals surface area contributed by atoms with Crippen molar-refractivity contribution in [3.63, 3.8) is 0 Å². The summed E-state index contributed by atoms with van der Waals surface area (Å²) in [5, 5.41) is 26.1. The molecule has 0 aromatic carbocycles. The third kappa shape index (κ3) is 8.29. The van der Waals surface area contributed by atoms with E-state index in [1.54, 1.807) is 0 Å². The molecule has 0 aromatic heterocycles. The average molecular weight is 305 g/mol. The van der Waals surface area contributed by atoms with Gasteiger partial charge in [0.05, 0.1) is 12.0 Å². The van der Waals surface area contributed by atoms with Crippen molar-refractivity contribution >= 4 is 0 Å². The van der Waals surface area contributed by atoms with Crippen LogP contribution in [0, 0.1) is 17.2 Å². The number of unbranched alkanes of at least 4 members (excludes halogenated alkanes) is 6. The third-order valence-corrected chi connectivity index (χ3v) is 4.21. The van der Waals surface area contributed by atoms with Crippen LogP contribution in [0.15, 0.2) is 22.4 Å². The minimum absolute atomic E-state index is 0.0331. The molecule has 0 amide bonds. The first-order valence-electron chi connectivity index (χ1n) is 8.87. The van der Waals surface area contributed by atoms with Crippen LogP contribution < -0.4 is 0 Å². The standard InChI is InChI=1S/C18H31N3O/c1-2-13-18(20-21-18)14-10-8-6-4-3-5-7-9-11-17(16-19)12-15-22/h9,11,17,22H,2-8,10,12-15H2,1H3/b11-9+. The van der Waals surface area contributed by atoms with E-state index in [4.69, 9.17) is 10.4 Å². The Labute approximate surface area is 135 Å². The molecule has 1 aliphatic rings. The summed E-state index contributed by atoms with van der Waals surface area (Å²) in [5.74, 6) is -0.126. The molecule has 4 nitrogen and oxygen atoms in total. The maximum atomic E-state index is 8.85. The van der Waals surface area contributed by atoms with E-state index in [1.807, 2.05) is 6.08 Å². The topological polar surface area (TPSA) is 68.7 Å². The number of hydrogen-bond acceptors (Lipinski definition) is 4. The molecular weight excluding hydrogens is 274 g/mol. The van der Waals surface area contributed by atoms with Crippen molar-refractivity contribution in [2.75, 3.05) is 6.61 Å². The average Bonchev–Trinajstić information content (AvgIpc) is 3.28. The van der Waals surface area contributed by atoms with Gasteiger partial charge in [-0.25, -0.2) is 0 Å². The second-order valence-corrected chi connectivity index (χ2v) is 6.27. The summed E-state index contributed by atoms with van der Waals surface area (Å²) in [6, 6.07) is 2.19. The molecule has 1 unspecified atom stereocenters. The summed E-state index contributed by atoms with van der Waals surface area (Å²) in [7, 11) is 0. The second-order valence-electron chi connectivity index (χ2n) is 6.27. The van der Waals surface area contributed by atoms with Gasteiger partial charge >= 0.3 is 0 Å². The molecular formula is C18H31N3O. The molecule has 0 spiro atoms. The van der Waals surface area contributed by atoms with Gasteiger partial charge in [0.15, 0.2) is 5.66 Å². The fourth-order valence-electron chi connectivity index (χ4n) is 2.78. The van der Waals surface area contributed by atoms with Crippen LogP contribution in [0.1, 0.15) is 77.6 Å². The molecule has 0 aliphatic carbocycles. The Hall–Kier alpha value is -1.21. The van der Waals surface area contributed by atoms with Gasteiger partial charge in [-0.1, -0.05) is 51.2 Å². The molecule has 4 heteroatoms. The molecule has 0 radical (unpaired) electrons. The van der Waals surface area contributed by atoms with E-state index in [-0.39, 0.29) is 18.2 Å². The highest BCUT2D eigenvalue weighted by molar-refractivity contribution is 4.99. The molecule has 0 fully saturated rings. The van der Waals surface area contributed by atoms with E-state index in [1.165, 1.54) is 44.9 Å². The van der Waals surface area contributed by atoms with Crippen LogP contribution in [-0.4, -0.2) is 17.4 Å². The van der Waals surface area contributed by atoms with Gasteiger partial charge in [0.25, 0.3) is 0 Å². The summed E-state index contributed by atoms with van der Waals surface area (Å²) >= 11 is 0. The maximum absolute atomic E-state index is 8.85. The van der Waals surface area contributed by atoms with Crippen molar-refractivity contribution in [3.8, 4) is 6.07 Å². The smallest absolute Gasteiger partial charge is 0.191 e. The minimum Gasteiger partial charge on any atom is -0.396 e. The lowest BCUT2D eigenvalue weighted by molar-refractivity contribution is 0.280. The number of aliphatic hydroxyl groups is 1. The Morgan fingerprint density at radius 3 is 2.36 bits per heavy atom. The Morgan fingerprint density at radius 1 is 1.09 bits per heavy atom. The van der Waals surface area contributed by atoms with Gasteiger partial charge in [-0.05, 0) is 38.5 Å². The molecule has 0 bridgehead atoms. The second kappa shape index (κ2) is 11.4. The first-order chi connectivity index (χ1) is 10.8. The maximum Gasteiger partial charge on any atom is 0.191 e. The molecule has 22 heavy (non-hydrogen) atoms. The highest BCUT2D eigenvalue weighted by Gasteiger charge is 2.37. The van der Waals surface area contributed by atoms with Crippen molar-refractivity contribution in [1.82, 2.24) is 0 Å². The Bertz CT molecular complexity index is 378. The van der Waals surface area contributed by atoms with Crippen molar-refractivity contribution < 1.29 is 5.11 Å². The Morgan fingerprint density at radius 2 is 1.77 bits per heavy atom. The molecule has 1 aliphatic heterocycles. The van der Waals surface area contributed by atoms with E-state index in [2.05, 4.69) is 29.3 Å². The summed E-state index contributed by atoms with van der Waals surface area (Å²) < 4.78 is 0. The van der Waals surface area contributed by atoms with Gasteiger partial charge in [-0.3, -0.25) is 0 Å². The highest BCUT2D eigenvalue weighted by Crippen LogP contribution is 2.38. The lowest BCUT2D eigenvalue weighted by atomic mass is 9.99. The summed E-state index contributed by atoms with van der Waals surface area (Å²) in [4.78, 5) is 0. The van der Waals surface area contributed by atoms with Gasteiger partial charge in [0, 0.05) is 6.61 Å². The van der Waals surface area contributed by atoms with E-state index < -0.39 is 0 Å². The molecule has 1 N–H and O–H groups in total. The Balaban J connectivity index is 1.88. The number of aliphatic hydroxyl groups excluding tert-OH is 1. The fraction of sp³-hybridized carbons (Fsp3) is 0.833. The number of hydrogen-bond donors (Lipinski definition) is 1. The van der Waals surface area contributed by atoms with Crippen molar-refractivity contribution in [2.24, 2.45) is 16.1 Å². The molecule has 124 valence electrons. The lowest BCUT2D eigenvalue weighted by Crippen LogP contribution is -2.09. The normalized spacial score (nSPS) is 16.8. The first-order valence-corrected chi connectivity index (χ1v) is 8.87. The summed E-state index contributed by atoms with van der Waals surface area (Å²) in [6.45, 7) is 2.28. The predicted octanol–water partition coefficient (Wildman–Crippen LogP) is 5.15. The van der Waals surface area contributed by atoms with Gasteiger partial charge in [0.2, 0.25) is 0 Å². The number of nitrogens with zero attached hydrogens (tertiary/aromatic N) is 3. The van der Waals surface area contributed by atoms with Crippen molar-refractivity contribution in [2.45, 2.75) is 83.2 Å². The molecule has 1 heterocycles. The van der Waals surface area contributed by atoms with Crippen LogP contribution in [0.4, 0.5) is 0 Å². The number of allylic oxidation sites excluding steroid dienone is 2. The van der Waals surface area contributed by atoms with Gasteiger partial charge in [0.1, 0.15) is 0 Å². The monoisotopic (exact) mass is 305 g/mol. The van der Waals surface area contributed by atoms with Crippen molar-refractivity contribution in [1.29, 1.82) is 5.26 Å². The highest BCUT2D eigenvalue weighted by atomic mass is 16.3. The van der Waals surface area contributed by atoms with Crippen LogP contribution in [-0.2, 0) is 0 Å². The van der Waals surface area contributed by atoms with Gasteiger partial charge < -0.3 is 5.11 Å². The van der Waals surface area contributed by atoms with Crippen LogP contribution in [0.3, 0.4) is 0 Å². The van der Waals surface area contributed by atoms with Gasteiger partial charge in [-0.15, -0.1) is 0 Å². The zero-order valence-electron chi connectivity index (χ0n) is 14.0. The van der Waals surface area contributed by atoms with E-state index in [0.29, 0.717) is 6.42 Å². The number of rotatable bonds is 14. The zero-order chi connectivity index (χ0) is 16.1. The van der Waals surface area contributed by atoms with E-state index in [9.17, 15) is 0 Å². The molecule has 1 atom stereocenters. The number of nitriles is 1. The van der Waals surface area contributed by atoms with Crippen LogP contribution in [0.5, 0.6) is 0 Å². The zero-order valence-corrected chi connectivity index (χ0v) is 14.0. The Kier molecular flexibility index (Phi) is 9.74. The first kappa shape index (κ1) is 18.8. The molecule has 0 saturated carbocycles. The lowest BCUT2D eigenvalue weighted by Gasteiger charge is -2.08. The van der Waals surface area contributed by atoms with E-state index in [0.717, 1.165) is 19.3 Å². The van der Waals surface area contributed by atoms with Crippen molar-refractivity contribution in [3.05, 3.63) is 12.2 Å². The van der Waals surface area contributed by atoms with Crippen LogP contribution in [0.2, 0.25) is 0 Å². The largest absolute Gasteiger partial charge is 0.396 e. The molecule has 1 rings (SSSR count). The summed E-state index contributed by atoms with van der Waals surface area (Å²) in [5.41, 5.74) is 0.0331. The third-order valence-electron chi connectivity index (χ3n) is 4.21. The quantitative estimate of drug-likeness (QED) is 0.356. The molecule has 0 aromatic rings. The minimum atomic E-state index is -0.126. The van der Waals surface area contributed by atoms with Gasteiger partial charge in [-0.2, -0.15) is 15.5 Å². The molecule has 0 saturated heterocycles.